The SMILES string of the molecule is C[Si](C)(C)Oc1cc(Cl)c(Br)cc1F. The zero-order chi connectivity index (χ0) is 10.9. The minimum absolute atomic E-state index is 0.234. The largest absolute Gasteiger partial charge is 0.542 e. The van der Waals surface area contributed by atoms with Crippen LogP contribution in [-0.2, 0) is 0 Å². The second-order valence-corrected chi connectivity index (χ2v) is 9.60. The molecule has 0 N–H and O–H groups in total. The van der Waals surface area contributed by atoms with Crippen LogP contribution in [0.25, 0.3) is 0 Å². The number of halogens is 3. The molecule has 14 heavy (non-hydrogen) atoms. The second-order valence-electron chi connectivity index (χ2n) is 3.91. The molecule has 1 rings (SSSR count). The zero-order valence-electron chi connectivity index (χ0n) is 8.20. The third-order valence-corrected chi connectivity index (χ3v) is 3.42. The summed E-state index contributed by atoms with van der Waals surface area (Å²) in [5.74, 6) is -0.152. The Labute approximate surface area is 97.5 Å². The molecule has 0 unspecified atom stereocenters. The predicted octanol–water partition coefficient (Wildman–Crippen LogP) is 4.46. The highest BCUT2D eigenvalue weighted by molar-refractivity contribution is 9.10. The molecule has 5 heteroatoms. The molecule has 1 aromatic rings. The van der Waals surface area contributed by atoms with E-state index in [-0.39, 0.29) is 11.6 Å². The van der Waals surface area contributed by atoms with Crippen LogP contribution in [0.5, 0.6) is 5.75 Å². The molecule has 0 aliphatic heterocycles. The van der Waals surface area contributed by atoms with Crippen molar-refractivity contribution in [3.8, 4) is 5.75 Å². The van der Waals surface area contributed by atoms with Gasteiger partial charge in [-0.15, -0.1) is 0 Å². The van der Waals surface area contributed by atoms with Gasteiger partial charge in [0.25, 0.3) is 0 Å². The third-order valence-electron chi connectivity index (χ3n) is 1.39. The highest BCUT2D eigenvalue weighted by Gasteiger charge is 2.19. The molecule has 0 aromatic heterocycles. The standard InChI is InChI=1S/C9H11BrClFOSi/c1-14(2,3)13-9-5-7(11)6(10)4-8(9)12/h4-5H,1-3H3. The molecule has 1 aromatic carbocycles. The summed E-state index contributed by atoms with van der Waals surface area (Å²) >= 11 is 8.98. The fraction of sp³-hybridized carbons (Fsp3) is 0.333. The smallest absolute Gasteiger partial charge is 0.242 e. The normalized spacial score (nSPS) is 11.6. The summed E-state index contributed by atoms with van der Waals surface area (Å²) in [6.07, 6.45) is 0. The summed E-state index contributed by atoms with van der Waals surface area (Å²) in [4.78, 5) is 0. The number of rotatable bonds is 2. The summed E-state index contributed by atoms with van der Waals surface area (Å²) < 4.78 is 19.4. The number of hydrogen-bond acceptors (Lipinski definition) is 1. The maximum atomic E-state index is 13.4. The topological polar surface area (TPSA) is 9.23 Å². The van der Waals surface area contributed by atoms with Gasteiger partial charge in [0.2, 0.25) is 8.32 Å². The average molecular weight is 298 g/mol. The van der Waals surface area contributed by atoms with Crippen LogP contribution in [0.3, 0.4) is 0 Å². The van der Waals surface area contributed by atoms with E-state index in [0.29, 0.717) is 9.50 Å². The third kappa shape index (κ3) is 3.26. The predicted molar refractivity (Wildman–Crippen MR) is 63.1 cm³/mol. The lowest BCUT2D eigenvalue weighted by Crippen LogP contribution is -2.29. The Bertz CT molecular complexity index is 351. The van der Waals surface area contributed by atoms with Gasteiger partial charge >= 0.3 is 0 Å². The van der Waals surface area contributed by atoms with E-state index in [9.17, 15) is 4.39 Å². The highest BCUT2D eigenvalue weighted by atomic mass is 79.9. The molecule has 0 aliphatic rings. The van der Waals surface area contributed by atoms with Gasteiger partial charge in [-0.25, -0.2) is 4.39 Å². The van der Waals surface area contributed by atoms with Gasteiger partial charge in [-0.2, -0.15) is 0 Å². The van der Waals surface area contributed by atoms with Crippen molar-refractivity contribution in [2.24, 2.45) is 0 Å². The lowest BCUT2D eigenvalue weighted by Gasteiger charge is -2.19. The number of benzene rings is 1. The molecule has 0 amide bonds. The maximum Gasteiger partial charge on any atom is 0.242 e. The van der Waals surface area contributed by atoms with Crippen LogP contribution < -0.4 is 4.43 Å². The highest BCUT2D eigenvalue weighted by Crippen LogP contribution is 2.31. The Balaban J connectivity index is 3.04. The first-order valence-corrected chi connectivity index (χ1v) is 8.71. The van der Waals surface area contributed by atoms with Crippen LogP contribution in [0.2, 0.25) is 24.7 Å². The Morgan fingerprint density at radius 2 is 1.93 bits per heavy atom. The first-order chi connectivity index (χ1) is 6.29. The fourth-order valence-electron chi connectivity index (χ4n) is 0.912. The van der Waals surface area contributed by atoms with Crippen molar-refractivity contribution in [3.63, 3.8) is 0 Å². The maximum absolute atomic E-state index is 13.4. The quantitative estimate of drug-likeness (QED) is 0.578. The van der Waals surface area contributed by atoms with E-state index in [4.69, 9.17) is 16.0 Å². The minimum atomic E-state index is -1.78. The van der Waals surface area contributed by atoms with Gasteiger partial charge in [0.1, 0.15) is 5.75 Å². The van der Waals surface area contributed by atoms with Crippen LogP contribution >= 0.6 is 27.5 Å². The molecule has 0 radical (unpaired) electrons. The van der Waals surface area contributed by atoms with E-state index < -0.39 is 8.32 Å². The van der Waals surface area contributed by atoms with Crippen molar-refractivity contribution in [1.29, 1.82) is 0 Å². The van der Waals surface area contributed by atoms with Gasteiger partial charge in [-0.05, 0) is 41.6 Å². The monoisotopic (exact) mass is 296 g/mol. The lowest BCUT2D eigenvalue weighted by atomic mass is 10.3. The van der Waals surface area contributed by atoms with E-state index in [1.807, 2.05) is 19.6 Å². The van der Waals surface area contributed by atoms with Gasteiger partial charge in [-0.3, -0.25) is 0 Å². The van der Waals surface area contributed by atoms with E-state index in [1.165, 1.54) is 12.1 Å². The van der Waals surface area contributed by atoms with E-state index in [1.54, 1.807) is 0 Å². The van der Waals surface area contributed by atoms with Crippen LogP contribution in [0.15, 0.2) is 16.6 Å². The summed E-state index contributed by atoms with van der Waals surface area (Å²) in [6, 6.07) is 2.82. The first-order valence-electron chi connectivity index (χ1n) is 4.13. The van der Waals surface area contributed by atoms with Crippen LogP contribution in [-0.4, -0.2) is 8.32 Å². The molecular formula is C9H11BrClFOSi. The number of hydrogen-bond donors (Lipinski definition) is 0. The Morgan fingerprint density at radius 3 is 2.43 bits per heavy atom. The molecule has 0 aliphatic carbocycles. The van der Waals surface area contributed by atoms with Crippen molar-refractivity contribution in [2.45, 2.75) is 19.6 Å². The summed E-state index contributed by atoms with van der Waals surface area (Å²) in [5, 5.41) is 0.458. The second kappa shape index (κ2) is 4.21. The molecule has 78 valence electrons. The minimum Gasteiger partial charge on any atom is -0.542 e. The average Bonchev–Trinajstić information content (AvgIpc) is 1.97. The molecular weight excluding hydrogens is 287 g/mol. The van der Waals surface area contributed by atoms with Gasteiger partial charge in [-0.1, -0.05) is 11.6 Å². The molecule has 0 bridgehead atoms. The molecule has 0 heterocycles. The summed E-state index contributed by atoms with van der Waals surface area (Å²) in [7, 11) is -1.78. The molecule has 0 fully saturated rings. The summed E-state index contributed by atoms with van der Waals surface area (Å²) in [6.45, 7) is 5.97. The van der Waals surface area contributed by atoms with Crippen molar-refractivity contribution in [1.82, 2.24) is 0 Å². The van der Waals surface area contributed by atoms with Crippen molar-refractivity contribution in [2.75, 3.05) is 0 Å². The molecule has 0 saturated heterocycles. The van der Waals surface area contributed by atoms with Crippen LogP contribution in [0.4, 0.5) is 4.39 Å². The van der Waals surface area contributed by atoms with E-state index in [0.717, 1.165) is 0 Å². The molecule has 0 spiro atoms. The molecule has 0 saturated carbocycles. The summed E-state index contributed by atoms with van der Waals surface area (Å²) in [5.41, 5.74) is 0. The van der Waals surface area contributed by atoms with E-state index >= 15 is 0 Å². The van der Waals surface area contributed by atoms with Crippen molar-refractivity contribution < 1.29 is 8.82 Å². The Hall–Kier alpha value is -0.0631. The molecule has 1 nitrogen and oxygen atoms in total. The first kappa shape index (κ1) is 12.0. The lowest BCUT2D eigenvalue weighted by molar-refractivity contribution is 0.495. The zero-order valence-corrected chi connectivity index (χ0v) is 11.5. The van der Waals surface area contributed by atoms with Crippen LogP contribution in [0.1, 0.15) is 0 Å². The fourth-order valence-corrected chi connectivity index (χ4v) is 2.20. The van der Waals surface area contributed by atoms with Crippen LogP contribution in [0, 0.1) is 5.82 Å². The van der Waals surface area contributed by atoms with Crippen molar-refractivity contribution >= 4 is 35.8 Å². The Morgan fingerprint density at radius 1 is 1.36 bits per heavy atom. The van der Waals surface area contributed by atoms with Gasteiger partial charge in [0.05, 0.1) is 5.02 Å². The van der Waals surface area contributed by atoms with E-state index in [2.05, 4.69) is 15.9 Å². The van der Waals surface area contributed by atoms with Crippen molar-refractivity contribution in [3.05, 3.63) is 27.4 Å². The van der Waals surface area contributed by atoms with Gasteiger partial charge in [0.15, 0.2) is 5.82 Å². The molecule has 0 atom stereocenters. The van der Waals surface area contributed by atoms with Gasteiger partial charge < -0.3 is 4.43 Å². The Kier molecular flexibility index (Phi) is 3.61. The van der Waals surface area contributed by atoms with Gasteiger partial charge in [0, 0.05) is 10.5 Å².